The highest BCUT2D eigenvalue weighted by Gasteiger charge is 2.30. The van der Waals surface area contributed by atoms with Crippen LogP contribution in [0.4, 0.5) is 4.39 Å². The lowest BCUT2D eigenvalue weighted by molar-refractivity contribution is -0.155. The summed E-state index contributed by atoms with van der Waals surface area (Å²) in [4.78, 5) is 25.9. The van der Waals surface area contributed by atoms with E-state index in [1.165, 1.54) is 7.11 Å². The average molecular weight is 595 g/mol. The third-order valence-corrected chi connectivity index (χ3v) is 6.53. The zero-order valence-electron chi connectivity index (χ0n) is 21.0. The molecule has 0 radical (unpaired) electrons. The first-order valence-electron chi connectivity index (χ1n) is 10.4. The van der Waals surface area contributed by atoms with Gasteiger partial charge in [-0.25, -0.2) is 4.39 Å². The lowest BCUT2D eigenvalue weighted by Gasteiger charge is -2.22. The van der Waals surface area contributed by atoms with Gasteiger partial charge >= 0.3 is 11.9 Å². The highest BCUT2D eigenvalue weighted by Crippen LogP contribution is 2.33. The lowest BCUT2D eigenvalue weighted by atomic mass is 9.97. The minimum absolute atomic E-state index is 0.0471. The van der Waals surface area contributed by atoms with E-state index in [0.29, 0.717) is 0 Å². The number of carbonyl (C=O) groups is 2. The zero-order valence-corrected chi connectivity index (χ0v) is 24.1. The van der Waals surface area contributed by atoms with Crippen molar-refractivity contribution < 1.29 is 41.3 Å². The number of carboxylic acid groups (broad SMARTS) is 1. The van der Waals surface area contributed by atoms with Gasteiger partial charge in [0.05, 0.1) is 32.1 Å². The van der Waals surface area contributed by atoms with Gasteiger partial charge in [0.1, 0.15) is 30.9 Å². The van der Waals surface area contributed by atoms with E-state index in [0.717, 1.165) is 18.3 Å². The van der Waals surface area contributed by atoms with E-state index in [9.17, 15) is 22.4 Å². The maximum atomic E-state index is 14.1. The summed E-state index contributed by atoms with van der Waals surface area (Å²) in [6.07, 6.45) is -2.76. The molecule has 2 atom stereocenters. The number of nitrogens with zero attached hydrogens (tertiary/aromatic N) is 1. The molecule has 1 aromatic carbocycles. The molecule has 0 aliphatic heterocycles. The van der Waals surface area contributed by atoms with Crippen molar-refractivity contribution in [2.45, 2.75) is 65.1 Å². The van der Waals surface area contributed by atoms with Crippen LogP contribution in [0.5, 0.6) is 0 Å². The van der Waals surface area contributed by atoms with E-state index in [1.54, 1.807) is 41.5 Å². The molecule has 9 nitrogen and oxygen atoms in total. The normalized spacial score (nSPS) is 14.0. The molecule has 2 unspecified atom stereocenters. The zero-order chi connectivity index (χ0) is 28.5. The number of halogens is 4. The van der Waals surface area contributed by atoms with Crippen LogP contribution in [-0.2, 0) is 33.5 Å². The van der Waals surface area contributed by atoms with Crippen LogP contribution in [0, 0.1) is 10.8 Å². The van der Waals surface area contributed by atoms with Crippen LogP contribution in [-0.4, -0.2) is 57.7 Å². The van der Waals surface area contributed by atoms with Gasteiger partial charge in [0.2, 0.25) is 0 Å². The number of hydrogen-bond donors (Lipinski definition) is 1. The topological polar surface area (TPSA) is 129 Å². The molecule has 14 heteroatoms. The summed E-state index contributed by atoms with van der Waals surface area (Å²) in [5.41, 5.74) is -1.43. The van der Waals surface area contributed by atoms with Crippen LogP contribution >= 0.6 is 34.8 Å². The van der Waals surface area contributed by atoms with Crippen molar-refractivity contribution in [2.75, 3.05) is 13.7 Å². The summed E-state index contributed by atoms with van der Waals surface area (Å²) in [7, 11) is -3.27. The number of alkyl halides is 1. The number of carboxylic acids is 1. The second-order valence-corrected chi connectivity index (χ2v) is 12.2. The van der Waals surface area contributed by atoms with Gasteiger partial charge in [-0.05, 0) is 53.7 Å². The van der Waals surface area contributed by atoms with E-state index >= 15 is 0 Å². The number of hydrogen-bond acceptors (Lipinski definition) is 8. The molecule has 0 aromatic heterocycles. The van der Waals surface area contributed by atoms with E-state index in [2.05, 4.69) is 9.99 Å². The second-order valence-electron chi connectivity index (χ2n) is 9.46. The minimum Gasteiger partial charge on any atom is -0.481 e. The molecule has 0 fully saturated rings. The van der Waals surface area contributed by atoms with E-state index < -0.39 is 63.1 Å². The summed E-state index contributed by atoms with van der Waals surface area (Å²) < 4.78 is 49.5. The molecule has 0 heterocycles. The molecular weight excluding hydrogens is 564 g/mol. The highest BCUT2D eigenvalue weighted by atomic mass is 35.5. The number of aliphatic carboxylic acids is 1. The summed E-state index contributed by atoms with van der Waals surface area (Å²) in [5.74, 6) is -1.37. The molecule has 1 aromatic rings. The Balaban J connectivity index is 0.00000152. The summed E-state index contributed by atoms with van der Waals surface area (Å²) in [6, 6.07) is 2.15. The van der Waals surface area contributed by atoms with Gasteiger partial charge in [0.25, 0.3) is 10.1 Å². The predicted molar refractivity (Wildman–Crippen MR) is 136 cm³/mol. The molecule has 0 bridgehead atoms. The van der Waals surface area contributed by atoms with Crippen molar-refractivity contribution >= 4 is 63.1 Å². The van der Waals surface area contributed by atoms with Crippen LogP contribution in [0.3, 0.4) is 0 Å². The number of esters is 1. The largest absolute Gasteiger partial charge is 0.481 e. The molecule has 0 saturated heterocycles. The van der Waals surface area contributed by atoms with Crippen LogP contribution < -0.4 is 0 Å². The molecule has 1 N–H and O–H groups in total. The number of carbonyl (C=O) groups excluding carboxylic acids is 1. The Morgan fingerprint density at radius 2 is 1.56 bits per heavy atom. The summed E-state index contributed by atoms with van der Waals surface area (Å²) in [5, 5.41) is 11.3. The predicted octanol–water partition coefficient (Wildman–Crippen LogP) is 5.79. The second kappa shape index (κ2) is 14.3. The van der Waals surface area contributed by atoms with Gasteiger partial charge in [-0.3, -0.25) is 13.8 Å². The van der Waals surface area contributed by atoms with Crippen molar-refractivity contribution in [3.8, 4) is 0 Å². The first-order valence-corrected chi connectivity index (χ1v) is 13.0. The molecule has 36 heavy (non-hydrogen) atoms. The molecule has 0 aliphatic carbocycles. The molecule has 206 valence electrons. The molecule has 1 rings (SSSR count). The fourth-order valence-electron chi connectivity index (χ4n) is 1.89. The molecule has 0 amide bonds. The van der Waals surface area contributed by atoms with Crippen molar-refractivity contribution in [3.63, 3.8) is 0 Å². The monoisotopic (exact) mass is 593 g/mol. The molecule has 0 aliphatic rings. The first kappa shape index (κ1) is 34.3. The van der Waals surface area contributed by atoms with E-state index in [4.69, 9.17) is 48.8 Å². The standard InChI is InChI=1S/C17H21Cl3FNO6S.C5H10O2/c1-17(2,3)16(23)27-9-11(5-10(21)8-22-26-4)28-29(24,25)15-7-13(19)12(18)6-14(15)20;1-5(2,3)4(6)7/h6-8,10-11H,5,9H2,1-4H3;1-3H3,(H,6,7)/b22-8+;. The average Bonchev–Trinajstić information content (AvgIpc) is 2.71. The van der Waals surface area contributed by atoms with Gasteiger partial charge in [-0.15, -0.1) is 0 Å². The van der Waals surface area contributed by atoms with Gasteiger partial charge < -0.3 is 14.7 Å². The molecule has 0 saturated carbocycles. The Labute approximate surface area is 225 Å². The fourth-order valence-corrected chi connectivity index (χ4v) is 3.94. The van der Waals surface area contributed by atoms with Crippen molar-refractivity contribution in [2.24, 2.45) is 16.0 Å². The van der Waals surface area contributed by atoms with E-state index in [-0.39, 0.29) is 15.1 Å². The molecular formula is C22H31Cl3FNO8S. The fraction of sp³-hybridized carbons (Fsp3) is 0.591. The Hall–Kier alpha value is -1.66. The maximum absolute atomic E-state index is 14.1. The first-order chi connectivity index (χ1) is 16.2. The van der Waals surface area contributed by atoms with Crippen LogP contribution in [0.15, 0.2) is 22.2 Å². The number of ether oxygens (including phenoxy) is 1. The molecule has 0 spiro atoms. The third-order valence-electron chi connectivity index (χ3n) is 3.98. The SMILES string of the molecule is CC(C)(C)C(=O)O.CO/N=C/C(F)CC(COC(=O)C(C)(C)C)OS(=O)(=O)c1cc(Cl)c(Cl)cc1Cl. The number of oxime groups is 1. The van der Waals surface area contributed by atoms with Crippen molar-refractivity contribution in [1.82, 2.24) is 0 Å². The van der Waals surface area contributed by atoms with Gasteiger partial charge in [-0.2, -0.15) is 8.42 Å². The lowest BCUT2D eigenvalue weighted by Crippen LogP contribution is -2.32. The highest BCUT2D eigenvalue weighted by molar-refractivity contribution is 7.87. The van der Waals surface area contributed by atoms with Crippen LogP contribution in [0.1, 0.15) is 48.0 Å². The Kier molecular flexibility index (Phi) is 13.7. The van der Waals surface area contributed by atoms with Crippen molar-refractivity contribution in [1.29, 1.82) is 0 Å². The third kappa shape index (κ3) is 12.5. The van der Waals surface area contributed by atoms with Gasteiger partial charge in [0, 0.05) is 6.42 Å². The van der Waals surface area contributed by atoms with Crippen molar-refractivity contribution in [3.05, 3.63) is 27.2 Å². The summed E-state index contributed by atoms with van der Waals surface area (Å²) in [6.45, 7) is 9.30. The smallest absolute Gasteiger partial charge is 0.311 e. The van der Waals surface area contributed by atoms with Gasteiger partial charge in [-0.1, -0.05) is 40.0 Å². The van der Waals surface area contributed by atoms with Crippen LogP contribution in [0.2, 0.25) is 15.1 Å². The van der Waals surface area contributed by atoms with Gasteiger partial charge in [0.15, 0.2) is 0 Å². The van der Waals surface area contributed by atoms with E-state index in [1.807, 2.05) is 0 Å². The quantitative estimate of drug-likeness (QED) is 0.125. The summed E-state index contributed by atoms with van der Waals surface area (Å²) >= 11 is 17.6. The number of rotatable bonds is 9. The Morgan fingerprint density at radius 3 is 2.00 bits per heavy atom. The van der Waals surface area contributed by atoms with Crippen LogP contribution in [0.25, 0.3) is 0 Å². The Bertz CT molecular complexity index is 1040. The number of benzene rings is 1. The Morgan fingerprint density at radius 1 is 1.06 bits per heavy atom. The minimum atomic E-state index is -4.49. The maximum Gasteiger partial charge on any atom is 0.311 e.